The number of hydrogen-bond acceptors (Lipinski definition) is 3. The summed E-state index contributed by atoms with van der Waals surface area (Å²) >= 11 is 0. The lowest BCUT2D eigenvalue weighted by Crippen LogP contribution is -2.44. The molecule has 0 radical (unpaired) electrons. The predicted molar refractivity (Wildman–Crippen MR) is 74.8 cm³/mol. The van der Waals surface area contributed by atoms with E-state index in [1.807, 2.05) is 7.05 Å². The molecule has 0 bridgehead atoms. The number of nitrogens with one attached hydrogen (secondary N) is 1. The van der Waals surface area contributed by atoms with Crippen molar-refractivity contribution in [1.29, 1.82) is 0 Å². The number of aryl methyl sites for hydroxylation is 1. The molecule has 3 nitrogen and oxygen atoms in total. The van der Waals surface area contributed by atoms with Crippen molar-refractivity contribution in [2.45, 2.75) is 26.0 Å². The van der Waals surface area contributed by atoms with E-state index in [1.54, 1.807) is 0 Å². The molecule has 1 heterocycles. The molecular formula is C15H24N2O. The minimum atomic E-state index is 0.356. The van der Waals surface area contributed by atoms with Crippen molar-refractivity contribution in [3.05, 3.63) is 35.4 Å². The molecule has 18 heavy (non-hydrogen) atoms. The molecule has 100 valence electrons. The Hall–Kier alpha value is -0.900. The zero-order chi connectivity index (χ0) is 13.0. The van der Waals surface area contributed by atoms with E-state index >= 15 is 0 Å². The molecule has 1 aromatic rings. The summed E-state index contributed by atoms with van der Waals surface area (Å²) in [6.07, 6.45) is 0.356. The fourth-order valence-corrected chi connectivity index (χ4v) is 2.48. The number of ether oxygens (including phenoxy) is 1. The fraction of sp³-hybridized carbons (Fsp3) is 0.600. The van der Waals surface area contributed by atoms with Crippen LogP contribution in [-0.4, -0.2) is 44.3 Å². The van der Waals surface area contributed by atoms with Crippen molar-refractivity contribution in [2.24, 2.45) is 0 Å². The molecule has 2 atom stereocenters. The summed E-state index contributed by atoms with van der Waals surface area (Å²) < 4.78 is 5.58. The standard InChI is InChI=1S/C15H24N2O/c1-12-4-6-14(7-5-12)15(16-3)11-17-8-9-18-13(2)10-17/h4-7,13,15-16H,8-11H2,1-3H3. The predicted octanol–water partition coefficient (Wildman–Crippen LogP) is 1.98. The average Bonchev–Trinajstić information content (AvgIpc) is 2.37. The van der Waals surface area contributed by atoms with Crippen LogP contribution in [0.3, 0.4) is 0 Å². The van der Waals surface area contributed by atoms with Gasteiger partial charge in [0.1, 0.15) is 0 Å². The van der Waals surface area contributed by atoms with Crippen LogP contribution in [-0.2, 0) is 4.74 Å². The van der Waals surface area contributed by atoms with Gasteiger partial charge < -0.3 is 10.1 Å². The molecule has 1 aromatic carbocycles. The van der Waals surface area contributed by atoms with E-state index in [9.17, 15) is 0 Å². The number of morpholine rings is 1. The lowest BCUT2D eigenvalue weighted by Gasteiger charge is -2.33. The van der Waals surface area contributed by atoms with Crippen LogP contribution in [0, 0.1) is 6.92 Å². The highest BCUT2D eigenvalue weighted by molar-refractivity contribution is 5.24. The molecule has 2 rings (SSSR count). The first-order valence-corrected chi connectivity index (χ1v) is 6.77. The van der Waals surface area contributed by atoms with Crippen LogP contribution in [0.1, 0.15) is 24.1 Å². The van der Waals surface area contributed by atoms with Crippen molar-refractivity contribution in [3.8, 4) is 0 Å². The molecule has 1 aliphatic rings. The fourth-order valence-electron chi connectivity index (χ4n) is 2.48. The molecule has 1 N–H and O–H groups in total. The topological polar surface area (TPSA) is 24.5 Å². The maximum Gasteiger partial charge on any atom is 0.0674 e. The van der Waals surface area contributed by atoms with Gasteiger partial charge in [-0.05, 0) is 26.5 Å². The second-order valence-electron chi connectivity index (χ2n) is 5.19. The maximum atomic E-state index is 5.58. The third-order valence-electron chi connectivity index (χ3n) is 3.59. The van der Waals surface area contributed by atoms with Crippen LogP contribution in [0.4, 0.5) is 0 Å². The van der Waals surface area contributed by atoms with Gasteiger partial charge in [-0.25, -0.2) is 0 Å². The summed E-state index contributed by atoms with van der Waals surface area (Å²) in [6, 6.07) is 9.21. The molecule has 0 spiro atoms. The average molecular weight is 248 g/mol. The minimum absolute atomic E-state index is 0.356. The molecule has 3 heteroatoms. The van der Waals surface area contributed by atoms with E-state index in [0.717, 1.165) is 26.2 Å². The van der Waals surface area contributed by atoms with Crippen LogP contribution in [0.15, 0.2) is 24.3 Å². The number of likely N-dealkylation sites (N-methyl/N-ethyl adjacent to an activating group) is 1. The van der Waals surface area contributed by atoms with Gasteiger partial charge in [-0.3, -0.25) is 4.90 Å². The van der Waals surface area contributed by atoms with E-state index in [0.29, 0.717) is 12.1 Å². The third kappa shape index (κ3) is 3.55. The van der Waals surface area contributed by atoms with Crippen LogP contribution in [0.25, 0.3) is 0 Å². The van der Waals surface area contributed by atoms with Gasteiger partial charge in [0.05, 0.1) is 12.7 Å². The van der Waals surface area contributed by atoms with Crippen molar-refractivity contribution in [1.82, 2.24) is 10.2 Å². The van der Waals surface area contributed by atoms with Gasteiger partial charge in [0.15, 0.2) is 0 Å². The van der Waals surface area contributed by atoms with E-state index < -0.39 is 0 Å². The summed E-state index contributed by atoms with van der Waals surface area (Å²) in [5.41, 5.74) is 2.68. The van der Waals surface area contributed by atoms with Crippen molar-refractivity contribution in [3.63, 3.8) is 0 Å². The Kier molecular flexibility index (Phi) is 4.75. The van der Waals surface area contributed by atoms with Gasteiger partial charge in [0.25, 0.3) is 0 Å². The first-order valence-electron chi connectivity index (χ1n) is 6.77. The van der Waals surface area contributed by atoms with Crippen molar-refractivity contribution >= 4 is 0 Å². The molecule has 0 aromatic heterocycles. The number of hydrogen-bond donors (Lipinski definition) is 1. The lowest BCUT2D eigenvalue weighted by molar-refractivity contribution is -0.0208. The Morgan fingerprint density at radius 3 is 2.72 bits per heavy atom. The highest BCUT2D eigenvalue weighted by Gasteiger charge is 2.20. The summed E-state index contributed by atoms with van der Waals surface area (Å²) in [5, 5.41) is 3.42. The summed E-state index contributed by atoms with van der Waals surface area (Å²) in [7, 11) is 2.04. The first kappa shape index (κ1) is 13.5. The zero-order valence-electron chi connectivity index (χ0n) is 11.6. The van der Waals surface area contributed by atoms with Gasteiger partial charge >= 0.3 is 0 Å². The van der Waals surface area contributed by atoms with Gasteiger partial charge in [-0.15, -0.1) is 0 Å². The second-order valence-corrected chi connectivity index (χ2v) is 5.19. The molecule has 1 saturated heterocycles. The monoisotopic (exact) mass is 248 g/mol. The van der Waals surface area contributed by atoms with Crippen LogP contribution >= 0.6 is 0 Å². The Labute approximate surface area is 110 Å². The van der Waals surface area contributed by atoms with Gasteiger partial charge in [-0.1, -0.05) is 29.8 Å². The molecule has 2 unspecified atom stereocenters. The minimum Gasteiger partial charge on any atom is -0.376 e. The molecule has 0 saturated carbocycles. The van der Waals surface area contributed by atoms with Crippen LogP contribution in [0.2, 0.25) is 0 Å². The highest BCUT2D eigenvalue weighted by atomic mass is 16.5. The summed E-state index contributed by atoms with van der Waals surface area (Å²) in [4.78, 5) is 2.48. The number of nitrogens with zero attached hydrogens (tertiary/aromatic N) is 1. The quantitative estimate of drug-likeness (QED) is 0.882. The van der Waals surface area contributed by atoms with E-state index in [-0.39, 0.29) is 0 Å². The molecule has 0 aliphatic carbocycles. The first-order chi connectivity index (χ1) is 8.69. The molecule has 1 aliphatic heterocycles. The van der Waals surface area contributed by atoms with Crippen LogP contribution < -0.4 is 5.32 Å². The molecule has 0 amide bonds. The Balaban J connectivity index is 1.98. The Morgan fingerprint density at radius 1 is 1.39 bits per heavy atom. The largest absolute Gasteiger partial charge is 0.376 e. The van der Waals surface area contributed by atoms with Crippen molar-refractivity contribution < 1.29 is 4.74 Å². The zero-order valence-corrected chi connectivity index (χ0v) is 11.6. The normalized spacial score (nSPS) is 22.9. The number of rotatable bonds is 4. The van der Waals surface area contributed by atoms with Gasteiger partial charge in [0.2, 0.25) is 0 Å². The smallest absolute Gasteiger partial charge is 0.0674 e. The SMILES string of the molecule is CNC(CN1CCOC(C)C1)c1ccc(C)cc1. The number of benzene rings is 1. The molecular weight excluding hydrogens is 224 g/mol. The van der Waals surface area contributed by atoms with E-state index in [2.05, 4.69) is 48.3 Å². The van der Waals surface area contributed by atoms with Crippen LogP contribution in [0.5, 0.6) is 0 Å². The maximum absolute atomic E-state index is 5.58. The highest BCUT2D eigenvalue weighted by Crippen LogP contribution is 2.16. The summed E-state index contributed by atoms with van der Waals surface area (Å²) in [6.45, 7) is 8.24. The lowest BCUT2D eigenvalue weighted by atomic mass is 10.0. The van der Waals surface area contributed by atoms with Gasteiger partial charge in [-0.2, -0.15) is 0 Å². The van der Waals surface area contributed by atoms with E-state index in [1.165, 1.54) is 11.1 Å². The van der Waals surface area contributed by atoms with E-state index in [4.69, 9.17) is 4.74 Å². The third-order valence-corrected chi connectivity index (χ3v) is 3.59. The van der Waals surface area contributed by atoms with Gasteiger partial charge in [0, 0.05) is 25.7 Å². The summed E-state index contributed by atoms with van der Waals surface area (Å²) in [5.74, 6) is 0. The Bertz CT molecular complexity index is 363. The molecule has 1 fully saturated rings. The second kappa shape index (κ2) is 6.32. The Morgan fingerprint density at radius 2 is 2.11 bits per heavy atom. The van der Waals surface area contributed by atoms with Crippen molar-refractivity contribution in [2.75, 3.05) is 33.3 Å².